The van der Waals surface area contributed by atoms with Crippen LogP contribution in [0.5, 0.6) is 0 Å². The number of pyridine rings is 1. The van der Waals surface area contributed by atoms with E-state index in [4.69, 9.17) is 17.3 Å². The summed E-state index contributed by atoms with van der Waals surface area (Å²) in [6.45, 7) is 3.71. The summed E-state index contributed by atoms with van der Waals surface area (Å²) in [6.07, 6.45) is 1.97. The van der Waals surface area contributed by atoms with E-state index in [1.165, 1.54) is 11.3 Å². The highest BCUT2D eigenvalue weighted by Gasteiger charge is 2.29. The van der Waals surface area contributed by atoms with Gasteiger partial charge in [-0.2, -0.15) is 10.5 Å². The molecule has 0 amide bonds. The van der Waals surface area contributed by atoms with Crippen LogP contribution in [-0.2, 0) is 0 Å². The van der Waals surface area contributed by atoms with Gasteiger partial charge in [-0.25, -0.2) is 4.98 Å². The predicted octanol–water partition coefficient (Wildman–Crippen LogP) is 4.41. The van der Waals surface area contributed by atoms with E-state index in [2.05, 4.69) is 17.1 Å². The summed E-state index contributed by atoms with van der Waals surface area (Å²) in [5.74, 6) is 0.157. The van der Waals surface area contributed by atoms with E-state index in [1.807, 2.05) is 32.1 Å². The van der Waals surface area contributed by atoms with Crippen LogP contribution in [0.25, 0.3) is 17.2 Å². The van der Waals surface area contributed by atoms with Crippen molar-refractivity contribution in [2.75, 3.05) is 5.73 Å². The summed E-state index contributed by atoms with van der Waals surface area (Å²) in [6, 6.07) is 8.04. The topological polar surface area (TPSA) is 86.5 Å². The minimum absolute atomic E-state index is 0.157. The molecule has 0 fully saturated rings. The molecule has 0 radical (unpaired) electrons. The highest BCUT2D eigenvalue weighted by Crippen LogP contribution is 2.44. The molecule has 112 valence electrons. The van der Waals surface area contributed by atoms with Crippen molar-refractivity contribution >= 4 is 46.0 Å². The first kappa shape index (κ1) is 15.3. The summed E-state index contributed by atoms with van der Waals surface area (Å²) in [7, 11) is 0. The number of fused-ring (bicyclic) bond motifs is 1. The van der Waals surface area contributed by atoms with Crippen LogP contribution < -0.4 is 5.73 Å². The quantitative estimate of drug-likeness (QED) is 0.834. The molecule has 0 bridgehead atoms. The zero-order valence-corrected chi connectivity index (χ0v) is 14.0. The van der Waals surface area contributed by atoms with E-state index in [1.54, 1.807) is 0 Å². The predicted molar refractivity (Wildman–Crippen MR) is 93.5 cm³/mol. The average molecular weight is 339 g/mol. The second-order valence-corrected chi connectivity index (χ2v) is 6.89. The van der Waals surface area contributed by atoms with Crippen LogP contribution in [-0.4, -0.2) is 4.98 Å². The SMILES string of the molecule is CC1=C(C#N)c2nc(N)c(C#N)c(C)c2/C1=C\c1ccc(Cl)s1. The minimum Gasteiger partial charge on any atom is -0.383 e. The summed E-state index contributed by atoms with van der Waals surface area (Å²) >= 11 is 7.44. The van der Waals surface area contributed by atoms with E-state index in [9.17, 15) is 10.5 Å². The Morgan fingerprint density at radius 2 is 2.00 bits per heavy atom. The number of nitrogens with zero attached hydrogens (tertiary/aromatic N) is 3. The van der Waals surface area contributed by atoms with Crippen molar-refractivity contribution in [3.05, 3.63) is 49.3 Å². The van der Waals surface area contributed by atoms with E-state index in [0.29, 0.717) is 21.2 Å². The lowest BCUT2D eigenvalue weighted by Crippen LogP contribution is -2.03. The Bertz CT molecular complexity index is 983. The van der Waals surface area contributed by atoms with Gasteiger partial charge < -0.3 is 5.73 Å². The van der Waals surface area contributed by atoms with Gasteiger partial charge in [0.05, 0.1) is 21.2 Å². The van der Waals surface area contributed by atoms with Gasteiger partial charge in [0.2, 0.25) is 0 Å². The molecule has 2 aromatic heterocycles. The maximum atomic E-state index is 9.48. The number of anilines is 1. The van der Waals surface area contributed by atoms with Gasteiger partial charge in [-0.15, -0.1) is 11.3 Å². The Morgan fingerprint density at radius 1 is 1.26 bits per heavy atom. The third-order valence-corrected chi connectivity index (χ3v) is 5.04. The highest BCUT2D eigenvalue weighted by molar-refractivity contribution is 7.17. The molecular formula is C17H11ClN4S. The maximum absolute atomic E-state index is 9.48. The summed E-state index contributed by atoms with van der Waals surface area (Å²) in [4.78, 5) is 5.27. The first-order valence-corrected chi connectivity index (χ1v) is 7.96. The molecule has 4 nitrogen and oxygen atoms in total. The molecule has 0 atom stereocenters. The molecule has 2 N–H and O–H groups in total. The number of hydrogen-bond acceptors (Lipinski definition) is 5. The number of aromatic nitrogens is 1. The van der Waals surface area contributed by atoms with Crippen molar-refractivity contribution in [1.82, 2.24) is 4.98 Å². The van der Waals surface area contributed by atoms with E-state index in [0.717, 1.165) is 27.2 Å². The van der Waals surface area contributed by atoms with E-state index < -0.39 is 0 Å². The number of hydrogen-bond donors (Lipinski definition) is 1. The molecule has 0 saturated heterocycles. The van der Waals surface area contributed by atoms with E-state index >= 15 is 0 Å². The van der Waals surface area contributed by atoms with Gasteiger partial charge in [-0.05, 0) is 48.8 Å². The van der Waals surface area contributed by atoms with Crippen LogP contribution >= 0.6 is 22.9 Å². The molecule has 1 aliphatic carbocycles. The molecule has 0 saturated carbocycles. The third-order valence-electron chi connectivity index (χ3n) is 3.86. The van der Waals surface area contributed by atoms with Crippen molar-refractivity contribution in [2.45, 2.75) is 13.8 Å². The first-order chi connectivity index (χ1) is 11.0. The number of nitriles is 2. The van der Waals surface area contributed by atoms with Crippen molar-refractivity contribution in [1.29, 1.82) is 10.5 Å². The van der Waals surface area contributed by atoms with Gasteiger partial charge in [0, 0.05) is 10.4 Å². The number of rotatable bonds is 1. The third kappa shape index (κ3) is 2.31. The molecular weight excluding hydrogens is 328 g/mol. The number of allylic oxidation sites excluding steroid dienone is 3. The van der Waals surface area contributed by atoms with Crippen LogP contribution in [0.4, 0.5) is 5.82 Å². The maximum Gasteiger partial charge on any atom is 0.142 e. The molecule has 0 spiro atoms. The minimum atomic E-state index is 0.157. The molecule has 1 aliphatic rings. The lowest BCUT2D eigenvalue weighted by molar-refractivity contribution is 1.22. The Balaban J connectivity index is 2.34. The van der Waals surface area contributed by atoms with Crippen LogP contribution in [0, 0.1) is 29.6 Å². The second-order valence-electron chi connectivity index (χ2n) is 5.14. The monoisotopic (exact) mass is 338 g/mol. The summed E-state index contributed by atoms with van der Waals surface area (Å²) in [5.41, 5.74) is 10.5. The smallest absolute Gasteiger partial charge is 0.142 e. The van der Waals surface area contributed by atoms with Crippen molar-refractivity contribution in [2.24, 2.45) is 0 Å². The molecule has 0 aliphatic heterocycles. The van der Waals surface area contributed by atoms with Crippen LogP contribution in [0.3, 0.4) is 0 Å². The standard InChI is InChI=1S/C17H11ClN4S/c1-8-11(5-10-3-4-14(18)23-10)15-9(2)13(7-20)17(21)22-16(15)12(8)6-19/h3-5H,1-2H3,(H2,21,22)/b11-5-. The Kier molecular flexibility index (Phi) is 3.69. The van der Waals surface area contributed by atoms with Gasteiger partial charge in [0.25, 0.3) is 0 Å². The van der Waals surface area contributed by atoms with Crippen LogP contribution in [0.1, 0.15) is 34.2 Å². The number of halogens is 1. The summed E-state index contributed by atoms with van der Waals surface area (Å²) < 4.78 is 0.696. The molecule has 2 heterocycles. The lowest BCUT2D eigenvalue weighted by Gasteiger charge is -2.10. The fraction of sp³-hybridized carbons (Fsp3) is 0.118. The van der Waals surface area contributed by atoms with Crippen LogP contribution in [0.15, 0.2) is 17.7 Å². The zero-order chi connectivity index (χ0) is 16.7. The Hall–Kier alpha value is -2.60. The number of thiophene rings is 1. The fourth-order valence-corrected chi connectivity index (χ4v) is 3.75. The highest BCUT2D eigenvalue weighted by atomic mass is 35.5. The average Bonchev–Trinajstić information content (AvgIpc) is 3.02. The number of nitrogen functional groups attached to an aromatic ring is 1. The lowest BCUT2D eigenvalue weighted by atomic mass is 9.97. The largest absolute Gasteiger partial charge is 0.383 e. The Labute approximate surface area is 142 Å². The fourth-order valence-electron chi connectivity index (χ4n) is 2.74. The van der Waals surface area contributed by atoms with Crippen molar-refractivity contribution in [3.63, 3.8) is 0 Å². The normalized spacial score (nSPS) is 14.7. The van der Waals surface area contributed by atoms with Gasteiger partial charge >= 0.3 is 0 Å². The van der Waals surface area contributed by atoms with Gasteiger partial charge in [-0.3, -0.25) is 0 Å². The van der Waals surface area contributed by atoms with Gasteiger partial charge in [0.1, 0.15) is 18.0 Å². The Morgan fingerprint density at radius 3 is 2.57 bits per heavy atom. The second kappa shape index (κ2) is 5.55. The molecule has 6 heteroatoms. The van der Waals surface area contributed by atoms with Crippen molar-refractivity contribution in [3.8, 4) is 12.1 Å². The number of nitrogens with two attached hydrogens (primary N) is 1. The molecule has 3 rings (SSSR count). The molecule has 0 aromatic carbocycles. The molecule has 0 unspecified atom stereocenters. The van der Waals surface area contributed by atoms with Gasteiger partial charge in [0.15, 0.2) is 0 Å². The van der Waals surface area contributed by atoms with Crippen LogP contribution in [0.2, 0.25) is 4.34 Å². The zero-order valence-electron chi connectivity index (χ0n) is 12.4. The van der Waals surface area contributed by atoms with Gasteiger partial charge in [-0.1, -0.05) is 11.6 Å². The van der Waals surface area contributed by atoms with E-state index in [-0.39, 0.29) is 5.82 Å². The molecule has 2 aromatic rings. The van der Waals surface area contributed by atoms with Crippen molar-refractivity contribution < 1.29 is 0 Å². The first-order valence-electron chi connectivity index (χ1n) is 6.77. The summed E-state index contributed by atoms with van der Waals surface area (Å²) in [5, 5.41) is 18.8. The molecule has 23 heavy (non-hydrogen) atoms.